The van der Waals surface area contributed by atoms with Crippen molar-refractivity contribution in [1.29, 1.82) is 0 Å². The van der Waals surface area contributed by atoms with E-state index in [0.717, 1.165) is 12.1 Å². The minimum atomic E-state index is -4.34. The fourth-order valence-electron chi connectivity index (χ4n) is 0.949. The van der Waals surface area contributed by atoms with Gasteiger partial charge in [-0.05, 0) is 33.6 Å². The third-order valence-corrected chi connectivity index (χ3v) is 2.95. The van der Waals surface area contributed by atoms with E-state index in [2.05, 4.69) is 31.9 Å². The molecule has 1 rings (SSSR count). The van der Waals surface area contributed by atoms with E-state index in [0.29, 0.717) is 16.6 Å². The lowest BCUT2D eigenvalue weighted by molar-refractivity contribution is -0.137. The van der Waals surface area contributed by atoms with Gasteiger partial charge in [-0.3, -0.25) is 0 Å². The maximum Gasteiger partial charge on any atom is 0.416 e. The van der Waals surface area contributed by atoms with Gasteiger partial charge in [0.25, 0.3) is 0 Å². The molecule has 2 N–H and O–H groups in total. The topological polar surface area (TPSA) is 26.0 Å². The third kappa shape index (κ3) is 2.42. The third-order valence-electron chi connectivity index (χ3n) is 1.69. The Morgan fingerprint density at radius 2 is 1.86 bits per heavy atom. The molecule has 6 heteroatoms. The number of benzene rings is 1. The molecule has 0 heterocycles. The van der Waals surface area contributed by atoms with Crippen molar-refractivity contribution < 1.29 is 13.2 Å². The maximum atomic E-state index is 12.3. The second-order valence-electron chi connectivity index (χ2n) is 2.66. The van der Waals surface area contributed by atoms with Gasteiger partial charge in [-0.1, -0.05) is 15.9 Å². The van der Waals surface area contributed by atoms with Crippen LogP contribution in [0, 0.1) is 0 Å². The molecule has 0 atom stereocenters. The average molecular weight is 333 g/mol. The summed E-state index contributed by atoms with van der Waals surface area (Å²) < 4.78 is 37.3. The summed E-state index contributed by atoms with van der Waals surface area (Å²) in [4.78, 5) is 0. The first-order valence-electron chi connectivity index (χ1n) is 3.57. The fourth-order valence-corrected chi connectivity index (χ4v) is 1.91. The van der Waals surface area contributed by atoms with E-state index in [1.165, 1.54) is 0 Å². The van der Waals surface area contributed by atoms with Gasteiger partial charge in [0.05, 0.1) is 5.56 Å². The van der Waals surface area contributed by atoms with Crippen LogP contribution in [0.5, 0.6) is 0 Å². The maximum absolute atomic E-state index is 12.3. The van der Waals surface area contributed by atoms with Crippen molar-refractivity contribution in [2.75, 3.05) is 5.73 Å². The first-order chi connectivity index (χ1) is 6.36. The number of hydrogen-bond donors (Lipinski definition) is 1. The molecule has 0 aliphatic heterocycles. The van der Waals surface area contributed by atoms with E-state index in [4.69, 9.17) is 5.73 Å². The number of hydrogen-bond acceptors (Lipinski definition) is 1. The zero-order valence-electron chi connectivity index (χ0n) is 6.83. The van der Waals surface area contributed by atoms with Crippen LogP contribution < -0.4 is 5.73 Å². The highest BCUT2D eigenvalue weighted by molar-refractivity contribution is 9.10. The molecule has 0 saturated heterocycles. The summed E-state index contributed by atoms with van der Waals surface area (Å²) in [5.41, 5.74) is 5.61. The SMILES string of the molecule is Nc1c(Br)cc(C(F)(F)F)cc1CBr. The molecule has 0 fully saturated rings. The quantitative estimate of drug-likeness (QED) is 0.611. The Morgan fingerprint density at radius 1 is 1.29 bits per heavy atom. The van der Waals surface area contributed by atoms with Crippen LogP contribution in [0.4, 0.5) is 18.9 Å². The van der Waals surface area contributed by atoms with Crippen LogP contribution >= 0.6 is 31.9 Å². The second-order valence-corrected chi connectivity index (χ2v) is 4.08. The molecule has 0 radical (unpaired) electrons. The smallest absolute Gasteiger partial charge is 0.398 e. The first kappa shape index (κ1) is 11.8. The van der Waals surface area contributed by atoms with Gasteiger partial charge in [0.1, 0.15) is 0 Å². The summed E-state index contributed by atoms with van der Waals surface area (Å²) in [5, 5.41) is 0.293. The highest BCUT2D eigenvalue weighted by Crippen LogP contribution is 2.35. The molecule has 14 heavy (non-hydrogen) atoms. The molecule has 0 amide bonds. The minimum Gasteiger partial charge on any atom is -0.398 e. The number of halogens is 5. The van der Waals surface area contributed by atoms with Gasteiger partial charge >= 0.3 is 6.18 Å². The van der Waals surface area contributed by atoms with Gasteiger partial charge in [0.2, 0.25) is 0 Å². The van der Waals surface area contributed by atoms with Gasteiger partial charge in [-0.15, -0.1) is 0 Å². The molecule has 1 nitrogen and oxygen atoms in total. The predicted molar refractivity (Wildman–Crippen MR) is 56.2 cm³/mol. The minimum absolute atomic E-state index is 0.266. The van der Waals surface area contributed by atoms with Crippen LogP contribution in [0.15, 0.2) is 16.6 Å². The summed E-state index contributed by atoms with van der Waals surface area (Å²) >= 11 is 6.06. The van der Waals surface area contributed by atoms with E-state index in [-0.39, 0.29) is 4.47 Å². The van der Waals surface area contributed by atoms with Crippen LogP contribution in [0.3, 0.4) is 0 Å². The molecule has 0 aliphatic carbocycles. The van der Waals surface area contributed by atoms with Gasteiger partial charge in [-0.25, -0.2) is 0 Å². The van der Waals surface area contributed by atoms with Crippen molar-refractivity contribution in [1.82, 2.24) is 0 Å². The zero-order valence-corrected chi connectivity index (χ0v) is 10.0. The van der Waals surface area contributed by atoms with Crippen molar-refractivity contribution in [2.45, 2.75) is 11.5 Å². The second kappa shape index (κ2) is 4.10. The Hall–Kier alpha value is -0.230. The van der Waals surface area contributed by atoms with Crippen molar-refractivity contribution in [3.8, 4) is 0 Å². The Morgan fingerprint density at radius 3 is 2.29 bits per heavy atom. The Bertz CT molecular complexity index is 349. The van der Waals surface area contributed by atoms with E-state index < -0.39 is 11.7 Å². The number of nitrogen functional groups attached to an aromatic ring is 1. The molecule has 1 aromatic rings. The van der Waals surface area contributed by atoms with Crippen molar-refractivity contribution >= 4 is 37.5 Å². The number of alkyl halides is 4. The molecule has 1 aromatic carbocycles. The van der Waals surface area contributed by atoms with Crippen molar-refractivity contribution in [3.63, 3.8) is 0 Å². The molecule has 78 valence electrons. The summed E-state index contributed by atoms with van der Waals surface area (Å²) in [6.45, 7) is 0. The van der Waals surface area contributed by atoms with Crippen LogP contribution in [-0.2, 0) is 11.5 Å². The van der Waals surface area contributed by atoms with E-state index >= 15 is 0 Å². The monoisotopic (exact) mass is 331 g/mol. The van der Waals surface area contributed by atoms with E-state index in [1.54, 1.807) is 0 Å². The summed E-state index contributed by atoms with van der Waals surface area (Å²) in [6.07, 6.45) is -4.34. The van der Waals surface area contributed by atoms with E-state index in [1.807, 2.05) is 0 Å². The molecule has 0 unspecified atom stereocenters. The Balaban J connectivity index is 3.30. The summed E-state index contributed by atoms with van der Waals surface area (Å²) in [7, 11) is 0. The largest absolute Gasteiger partial charge is 0.416 e. The highest BCUT2D eigenvalue weighted by atomic mass is 79.9. The molecular formula is C8H6Br2F3N. The normalized spacial score (nSPS) is 11.8. The Kier molecular flexibility index (Phi) is 3.47. The molecule has 0 aromatic heterocycles. The van der Waals surface area contributed by atoms with Crippen LogP contribution in [0.25, 0.3) is 0 Å². The van der Waals surface area contributed by atoms with Crippen LogP contribution in [-0.4, -0.2) is 0 Å². The summed E-state index contributed by atoms with van der Waals surface area (Å²) in [5.74, 6) is 0. The number of anilines is 1. The lowest BCUT2D eigenvalue weighted by atomic mass is 10.1. The lowest BCUT2D eigenvalue weighted by Gasteiger charge is -2.11. The highest BCUT2D eigenvalue weighted by Gasteiger charge is 2.31. The van der Waals surface area contributed by atoms with Gasteiger partial charge in [-0.2, -0.15) is 13.2 Å². The van der Waals surface area contributed by atoms with Crippen LogP contribution in [0.2, 0.25) is 0 Å². The Labute approximate surface area is 95.7 Å². The van der Waals surface area contributed by atoms with Crippen molar-refractivity contribution in [2.24, 2.45) is 0 Å². The number of nitrogens with two attached hydrogens (primary N) is 1. The van der Waals surface area contributed by atoms with Crippen molar-refractivity contribution in [3.05, 3.63) is 27.7 Å². The predicted octanol–water partition coefficient (Wildman–Crippen LogP) is 3.95. The van der Waals surface area contributed by atoms with Gasteiger partial charge in [0.15, 0.2) is 0 Å². The molecule has 0 spiro atoms. The van der Waals surface area contributed by atoms with E-state index in [9.17, 15) is 13.2 Å². The fraction of sp³-hybridized carbons (Fsp3) is 0.250. The molecular weight excluding hydrogens is 327 g/mol. The zero-order chi connectivity index (χ0) is 10.9. The van der Waals surface area contributed by atoms with Crippen LogP contribution in [0.1, 0.15) is 11.1 Å². The lowest BCUT2D eigenvalue weighted by Crippen LogP contribution is -2.07. The van der Waals surface area contributed by atoms with Gasteiger partial charge < -0.3 is 5.73 Å². The average Bonchev–Trinajstić information content (AvgIpc) is 2.07. The van der Waals surface area contributed by atoms with Gasteiger partial charge in [0, 0.05) is 15.5 Å². The molecule has 0 bridgehead atoms. The first-order valence-corrected chi connectivity index (χ1v) is 5.48. The number of rotatable bonds is 1. The molecule has 0 saturated carbocycles. The standard InChI is InChI=1S/C8H6Br2F3N/c9-3-4-1-5(8(11,12)13)2-6(10)7(4)14/h1-2H,3,14H2. The summed E-state index contributed by atoms with van der Waals surface area (Å²) in [6, 6.07) is 2.01. The molecule has 0 aliphatic rings.